The predicted octanol–water partition coefficient (Wildman–Crippen LogP) is 5.89. The van der Waals surface area contributed by atoms with E-state index in [-0.39, 0.29) is 0 Å². The highest BCUT2D eigenvalue weighted by Crippen LogP contribution is 2.39. The molecule has 5 nitrogen and oxygen atoms in total. The minimum atomic E-state index is 0.418. The van der Waals surface area contributed by atoms with Crippen LogP contribution in [0.2, 0.25) is 0 Å². The lowest BCUT2D eigenvalue weighted by Crippen LogP contribution is -2.15. The summed E-state index contributed by atoms with van der Waals surface area (Å²) in [5.41, 5.74) is 4.97. The first-order chi connectivity index (χ1) is 14.2. The molecule has 0 atom stereocenters. The van der Waals surface area contributed by atoms with Gasteiger partial charge in [-0.15, -0.1) is 0 Å². The van der Waals surface area contributed by atoms with Gasteiger partial charge in [0, 0.05) is 41.2 Å². The van der Waals surface area contributed by atoms with Crippen molar-refractivity contribution in [2.24, 2.45) is 5.92 Å². The van der Waals surface area contributed by atoms with Crippen LogP contribution in [-0.4, -0.2) is 19.6 Å². The summed E-state index contributed by atoms with van der Waals surface area (Å²) in [7, 11) is 0. The molecule has 0 saturated heterocycles. The van der Waals surface area contributed by atoms with Crippen molar-refractivity contribution in [1.29, 1.82) is 5.26 Å². The Morgan fingerprint density at radius 3 is 2.79 bits per heavy atom. The summed E-state index contributed by atoms with van der Waals surface area (Å²) in [4.78, 5) is 9.65. The van der Waals surface area contributed by atoms with Gasteiger partial charge in [0.1, 0.15) is 0 Å². The zero-order chi connectivity index (χ0) is 19.8. The van der Waals surface area contributed by atoms with E-state index in [1.54, 1.807) is 0 Å². The van der Waals surface area contributed by atoms with Gasteiger partial charge in [0.2, 0.25) is 0 Å². The van der Waals surface area contributed by atoms with Crippen molar-refractivity contribution in [3.63, 3.8) is 0 Å². The molecular weight excluding hydrogens is 426 g/mol. The molecule has 1 aliphatic rings. The smallest absolute Gasteiger partial charge is 0.163 e. The van der Waals surface area contributed by atoms with E-state index in [9.17, 15) is 0 Å². The summed E-state index contributed by atoms with van der Waals surface area (Å²) in [5.74, 6) is 0.953. The number of benzene rings is 1. The maximum atomic E-state index is 8.96. The molecule has 3 heterocycles. The standard InChI is InChI=1S/C23H20BrN5/c24-20-14-29-23(28-22(20)16-7-5-15(6-8-16)9-10-25)19(13-27-29)18-11-17-3-1-2-4-21(17)26-12-18/h1-4,11-16H,5-9H2. The minimum absolute atomic E-state index is 0.418. The van der Waals surface area contributed by atoms with E-state index in [4.69, 9.17) is 10.2 Å². The highest BCUT2D eigenvalue weighted by molar-refractivity contribution is 9.10. The first-order valence-electron chi connectivity index (χ1n) is 9.99. The summed E-state index contributed by atoms with van der Waals surface area (Å²) in [6.45, 7) is 0. The third kappa shape index (κ3) is 3.40. The highest BCUT2D eigenvalue weighted by Gasteiger charge is 2.25. The number of nitrogens with zero attached hydrogens (tertiary/aromatic N) is 5. The largest absolute Gasteiger partial charge is 0.256 e. The van der Waals surface area contributed by atoms with Crippen molar-refractivity contribution in [3.8, 4) is 17.2 Å². The third-order valence-corrected chi connectivity index (χ3v) is 6.60. The molecule has 4 aromatic rings. The van der Waals surface area contributed by atoms with Crippen LogP contribution in [0.25, 0.3) is 27.7 Å². The number of para-hydroxylation sites is 1. The summed E-state index contributed by atoms with van der Waals surface area (Å²) in [6.07, 6.45) is 10.8. The number of rotatable bonds is 3. The van der Waals surface area contributed by atoms with Crippen LogP contribution in [0.3, 0.4) is 0 Å². The second kappa shape index (κ2) is 7.57. The van der Waals surface area contributed by atoms with E-state index < -0.39 is 0 Å². The molecule has 1 aliphatic carbocycles. The van der Waals surface area contributed by atoms with Gasteiger partial charge in [-0.1, -0.05) is 18.2 Å². The van der Waals surface area contributed by atoms with Crippen LogP contribution >= 0.6 is 15.9 Å². The number of nitriles is 1. The molecule has 0 unspecified atom stereocenters. The zero-order valence-corrected chi connectivity index (χ0v) is 17.5. The van der Waals surface area contributed by atoms with Crippen molar-refractivity contribution in [1.82, 2.24) is 19.6 Å². The maximum Gasteiger partial charge on any atom is 0.163 e. The maximum absolute atomic E-state index is 8.96. The number of hydrogen-bond donors (Lipinski definition) is 0. The molecule has 5 rings (SSSR count). The molecule has 0 bridgehead atoms. The van der Waals surface area contributed by atoms with Crippen LogP contribution in [0.15, 0.2) is 53.4 Å². The molecule has 1 aromatic carbocycles. The highest BCUT2D eigenvalue weighted by atomic mass is 79.9. The first-order valence-corrected chi connectivity index (χ1v) is 10.8. The fraction of sp³-hybridized carbons (Fsp3) is 0.304. The summed E-state index contributed by atoms with van der Waals surface area (Å²) in [6, 6.07) is 12.6. The van der Waals surface area contributed by atoms with E-state index in [1.807, 2.05) is 41.3 Å². The van der Waals surface area contributed by atoms with Crippen molar-refractivity contribution >= 4 is 32.5 Å². The van der Waals surface area contributed by atoms with Crippen LogP contribution in [0.1, 0.15) is 43.7 Å². The van der Waals surface area contributed by atoms with Crippen LogP contribution in [0.4, 0.5) is 0 Å². The summed E-state index contributed by atoms with van der Waals surface area (Å²) < 4.78 is 2.83. The van der Waals surface area contributed by atoms with E-state index >= 15 is 0 Å². The second-order valence-corrected chi connectivity index (χ2v) is 8.65. The van der Waals surface area contributed by atoms with Gasteiger partial charge in [-0.05, 0) is 59.7 Å². The molecule has 6 heteroatoms. The Kier molecular flexibility index (Phi) is 4.76. The number of pyridine rings is 1. The van der Waals surface area contributed by atoms with Crippen molar-refractivity contribution in [2.45, 2.75) is 38.0 Å². The molecule has 3 aromatic heterocycles. The van der Waals surface area contributed by atoms with Gasteiger partial charge < -0.3 is 0 Å². The molecular formula is C23H20BrN5. The Morgan fingerprint density at radius 2 is 1.97 bits per heavy atom. The van der Waals surface area contributed by atoms with Crippen LogP contribution in [0.5, 0.6) is 0 Å². The molecule has 1 saturated carbocycles. The SMILES string of the molecule is N#CCC1CCC(c2nc3c(-c4cnc5ccccc5c4)cnn3cc2Br)CC1. The van der Waals surface area contributed by atoms with Gasteiger partial charge in [-0.2, -0.15) is 10.4 Å². The van der Waals surface area contributed by atoms with E-state index in [1.165, 1.54) is 0 Å². The van der Waals surface area contributed by atoms with Crippen molar-refractivity contribution in [3.05, 3.63) is 59.1 Å². The lowest BCUT2D eigenvalue weighted by molar-refractivity contribution is 0.326. The lowest BCUT2D eigenvalue weighted by Gasteiger charge is -2.27. The topological polar surface area (TPSA) is 66.9 Å². The first kappa shape index (κ1) is 18.3. The van der Waals surface area contributed by atoms with Crippen LogP contribution in [-0.2, 0) is 0 Å². The monoisotopic (exact) mass is 445 g/mol. The predicted molar refractivity (Wildman–Crippen MR) is 116 cm³/mol. The molecule has 0 N–H and O–H groups in total. The van der Waals surface area contributed by atoms with Crippen LogP contribution < -0.4 is 0 Å². The molecule has 144 valence electrons. The van der Waals surface area contributed by atoms with Gasteiger partial charge in [0.15, 0.2) is 5.65 Å². The number of halogens is 1. The quantitative estimate of drug-likeness (QED) is 0.393. The Balaban J connectivity index is 1.53. The molecule has 29 heavy (non-hydrogen) atoms. The Morgan fingerprint density at radius 1 is 1.14 bits per heavy atom. The van der Waals surface area contributed by atoms with E-state index in [0.29, 0.717) is 18.3 Å². The fourth-order valence-corrected chi connectivity index (χ4v) is 4.99. The molecule has 0 radical (unpaired) electrons. The zero-order valence-electron chi connectivity index (χ0n) is 15.9. The third-order valence-electron chi connectivity index (χ3n) is 5.99. The van der Waals surface area contributed by atoms with Gasteiger partial charge in [0.05, 0.1) is 27.9 Å². The van der Waals surface area contributed by atoms with Crippen molar-refractivity contribution < 1.29 is 0 Å². The minimum Gasteiger partial charge on any atom is -0.256 e. The molecule has 0 aliphatic heterocycles. The van der Waals surface area contributed by atoms with Gasteiger partial charge in [-0.25, -0.2) is 9.50 Å². The molecule has 0 spiro atoms. The Bertz CT molecular complexity index is 1230. The number of hydrogen-bond acceptors (Lipinski definition) is 4. The average Bonchev–Trinajstić information content (AvgIpc) is 3.16. The van der Waals surface area contributed by atoms with Gasteiger partial charge >= 0.3 is 0 Å². The van der Waals surface area contributed by atoms with E-state index in [0.717, 1.165) is 63.5 Å². The molecule has 0 amide bonds. The van der Waals surface area contributed by atoms with E-state index in [2.05, 4.69) is 44.2 Å². The number of aromatic nitrogens is 4. The van der Waals surface area contributed by atoms with Gasteiger partial charge in [0.25, 0.3) is 0 Å². The summed E-state index contributed by atoms with van der Waals surface area (Å²) in [5, 5.41) is 14.6. The Hall–Kier alpha value is -2.78. The Labute approximate surface area is 177 Å². The lowest BCUT2D eigenvalue weighted by atomic mass is 9.79. The van der Waals surface area contributed by atoms with Gasteiger partial charge in [-0.3, -0.25) is 4.98 Å². The normalized spacial score (nSPS) is 19.4. The second-order valence-electron chi connectivity index (χ2n) is 7.80. The summed E-state index contributed by atoms with van der Waals surface area (Å²) >= 11 is 3.71. The van der Waals surface area contributed by atoms with Crippen LogP contribution in [0, 0.1) is 17.2 Å². The van der Waals surface area contributed by atoms with Crippen molar-refractivity contribution in [2.75, 3.05) is 0 Å². The molecule has 1 fully saturated rings. The average molecular weight is 446 g/mol. The number of fused-ring (bicyclic) bond motifs is 2. The fourth-order valence-electron chi connectivity index (χ4n) is 4.38.